The number of furan rings is 1. The van der Waals surface area contributed by atoms with Gasteiger partial charge in [-0.2, -0.15) is 0 Å². The fourth-order valence-electron chi connectivity index (χ4n) is 2.43. The second-order valence-corrected chi connectivity index (χ2v) is 5.95. The molecule has 23 heavy (non-hydrogen) atoms. The lowest BCUT2D eigenvalue weighted by molar-refractivity contribution is -0.115. The van der Waals surface area contributed by atoms with Gasteiger partial charge in [-0.1, -0.05) is 11.6 Å². The number of benzene rings is 2. The Morgan fingerprint density at radius 2 is 1.96 bits per heavy atom. The Labute approximate surface area is 138 Å². The van der Waals surface area contributed by atoms with E-state index in [1.54, 1.807) is 6.26 Å². The molecule has 0 spiro atoms. The number of fused-ring (bicyclic) bond motifs is 1. The summed E-state index contributed by atoms with van der Waals surface area (Å²) >= 11 is 5.71. The second-order valence-electron chi connectivity index (χ2n) is 5.55. The lowest BCUT2D eigenvalue weighted by Gasteiger charge is -2.06. The summed E-state index contributed by atoms with van der Waals surface area (Å²) in [5, 5.41) is 3.61. The molecule has 0 bridgehead atoms. The molecule has 3 rings (SSSR count). The molecule has 118 valence electrons. The van der Waals surface area contributed by atoms with E-state index in [9.17, 15) is 9.18 Å². The van der Waals surface area contributed by atoms with Gasteiger partial charge in [0.15, 0.2) is 0 Å². The molecule has 5 heteroatoms. The summed E-state index contributed by atoms with van der Waals surface area (Å²) in [4.78, 5) is 12.2. The zero-order chi connectivity index (χ0) is 16.6. The van der Waals surface area contributed by atoms with Crippen molar-refractivity contribution in [3.8, 4) is 0 Å². The highest BCUT2D eigenvalue weighted by molar-refractivity contribution is 6.31. The monoisotopic (exact) mass is 331 g/mol. The van der Waals surface area contributed by atoms with Crippen molar-refractivity contribution in [3.05, 3.63) is 64.1 Å². The number of hydrogen-bond donors (Lipinski definition) is 1. The van der Waals surface area contributed by atoms with E-state index in [0.29, 0.717) is 5.69 Å². The summed E-state index contributed by atoms with van der Waals surface area (Å²) in [7, 11) is 0. The third-order valence-electron chi connectivity index (χ3n) is 3.82. The summed E-state index contributed by atoms with van der Waals surface area (Å²) in [6.45, 7) is 4.04. The normalized spacial score (nSPS) is 11.0. The number of anilines is 1. The van der Waals surface area contributed by atoms with Crippen molar-refractivity contribution >= 4 is 34.2 Å². The van der Waals surface area contributed by atoms with Crippen LogP contribution in [0.5, 0.6) is 0 Å². The highest BCUT2D eigenvalue weighted by atomic mass is 35.5. The third-order valence-corrected chi connectivity index (χ3v) is 4.11. The molecule has 0 saturated carbocycles. The standard InChI is InChI=1S/C18H15ClFNO2/c1-10-5-14-12(9-23-17(14)6-11(10)2)7-18(22)21-13-3-4-16(20)15(19)8-13/h3-6,8-9H,7H2,1-2H3,(H,21,22). The van der Waals surface area contributed by atoms with E-state index < -0.39 is 5.82 Å². The molecule has 1 N–H and O–H groups in total. The van der Waals surface area contributed by atoms with Gasteiger partial charge in [-0.15, -0.1) is 0 Å². The number of carbonyl (C=O) groups is 1. The summed E-state index contributed by atoms with van der Waals surface area (Å²) in [5.41, 5.74) is 4.32. The van der Waals surface area contributed by atoms with E-state index in [4.69, 9.17) is 16.0 Å². The number of nitrogens with one attached hydrogen (secondary N) is 1. The smallest absolute Gasteiger partial charge is 0.228 e. The molecule has 0 fully saturated rings. The van der Waals surface area contributed by atoms with Gasteiger partial charge in [0.05, 0.1) is 17.7 Å². The molecule has 0 radical (unpaired) electrons. The molecule has 0 saturated heterocycles. The number of rotatable bonds is 3. The third kappa shape index (κ3) is 3.22. The van der Waals surface area contributed by atoms with Gasteiger partial charge >= 0.3 is 0 Å². The van der Waals surface area contributed by atoms with E-state index in [1.165, 1.54) is 18.2 Å². The van der Waals surface area contributed by atoms with Crippen LogP contribution in [0.3, 0.4) is 0 Å². The van der Waals surface area contributed by atoms with E-state index in [2.05, 4.69) is 5.32 Å². The number of hydrogen-bond acceptors (Lipinski definition) is 2. The number of aryl methyl sites for hydroxylation is 2. The Morgan fingerprint density at radius 3 is 2.70 bits per heavy atom. The Hall–Kier alpha value is -2.33. The van der Waals surface area contributed by atoms with Crippen molar-refractivity contribution in [2.45, 2.75) is 20.3 Å². The molecule has 1 aromatic heterocycles. The maximum atomic E-state index is 13.1. The molecule has 0 aliphatic heterocycles. The highest BCUT2D eigenvalue weighted by Crippen LogP contribution is 2.25. The number of halogens is 2. The van der Waals surface area contributed by atoms with Gasteiger partial charge in [0.1, 0.15) is 11.4 Å². The van der Waals surface area contributed by atoms with Crippen LogP contribution < -0.4 is 5.32 Å². The fourth-order valence-corrected chi connectivity index (χ4v) is 2.61. The first-order valence-corrected chi connectivity index (χ1v) is 7.54. The van der Waals surface area contributed by atoms with Crippen LogP contribution >= 0.6 is 11.6 Å². The van der Waals surface area contributed by atoms with Crippen molar-refractivity contribution in [1.82, 2.24) is 0 Å². The van der Waals surface area contributed by atoms with Gasteiger partial charge in [-0.05, 0) is 55.3 Å². The van der Waals surface area contributed by atoms with Crippen molar-refractivity contribution in [1.29, 1.82) is 0 Å². The van der Waals surface area contributed by atoms with Crippen molar-refractivity contribution < 1.29 is 13.6 Å². The molecule has 0 atom stereocenters. The van der Waals surface area contributed by atoms with Crippen LogP contribution in [0.2, 0.25) is 5.02 Å². The van der Waals surface area contributed by atoms with Gasteiger partial charge in [-0.25, -0.2) is 4.39 Å². The Balaban J connectivity index is 1.80. The van der Waals surface area contributed by atoms with E-state index in [0.717, 1.165) is 27.7 Å². The predicted octanol–water partition coefficient (Wildman–Crippen LogP) is 5.02. The van der Waals surface area contributed by atoms with Crippen LogP contribution in [0.25, 0.3) is 11.0 Å². The Morgan fingerprint density at radius 1 is 1.22 bits per heavy atom. The van der Waals surface area contributed by atoms with Crippen LogP contribution in [0.1, 0.15) is 16.7 Å². The topological polar surface area (TPSA) is 42.2 Å². The average Bonchev–Trinajstić information content (AvgIpc) is 2.86. The lowest BCUT2D eigenvalue weighted by atomic mass is 10.0. The second kappa shape index (κ2) is 6.05. The maximum Gasteiger partial charge on any atom is 0.228 e. The predicted molar refractivity (Wildman–Crippen MR) is 89.4 cm³/mol. The van der Waals surface area contributed by atoms with Crippen LogP contribution in [0, 0.1) is 19.7 Å². The van der Waals surface area contributed by atoms with Crippen molar-refractivity contribution in [2.75, 3.05) is 5.32 Å². The van der Waals surface area contributed by atoms with Gasteiger partial charge < -0.3 is 9.73 Å². The van der Waals surface area contributed by atoms with E-state index >= 15 is 0 Å². The van der Waals surface area contributed by atoms with Crippen molar-refractivity contribution in [2.24, 2.45) is 0 Å². The largest absolute Gasteiger partial charge is 0.464 e. The molecular formula is C18H15ClFNO2. The maximum absolute atomic E-state index is 13.1. The number of amides is 1. The first-order valence-electron chi connectivity index (χ1n) is 7.16. The van der Waals surface area contributed by atoms with E-state index in [-0.39, 0.29) is 17.4 Å². The lowest BCUT2D eigenvalue weighted by Crippen LogP contribution is -2.14. The fraction of sp³-hybridized carbons (Fsp3) is 0.167. The molecule has 0 unspecified atom stereocenters. The quantitative estimate of drug-likeness (QED) is 0.732. The molecule has 3 aromatic rings. The van der Waals surface area contributed by atoms with Crippen LogP contribution in [0.4, 0.5) is 10.1 Å². The van der Waals surface area contributed by atoms with E-state index in [1.807, 2.05) is 26.0 Å². The number of carbonyl (C=O) groups excluding carboxylic acids is 1. The first kappa shape index (κ1) is 15.6. The first-order chi connectivity index (χ1) is 10.9. The Bertz CT molecular complexity index is 901. The summed E-state index contributed by atoms with van der Waals surface area (Å²) < 4.78 is 18.6. The summed E-state index contributed by atoms with van der Waals surface area (Å²) in [6.07, 6.45) is 1.77. The minimum absolute atomic E-state index is 0.0253. The van der Waals surface area contributed by atoms with Crippen LogP contribution in [-0.2, 0) is 11.2 Å². The molecule has 3 nitrogen and oxygen atoms in total. The average molecular weight is 332 g/mol. The molecule has 0 aliphatic rings. The molecule has 2 aromatic carbocycles. The minimum Gasteiger partial charge on any atom is -0.464 e. The zero-order valence-electron chi connectivity index (χ0n) is 12.7. The molecule has 1 heterocycles. The van der Waals surface area contributed by atoms with Crippen LogP contribution in [-0.4, -0.2) is 5.91 Å². The molecular weight excluding hydrogens is 317 g/mol. The van der Waals surface area contributed by atoms with Gasteiger partial charge in [-0.3, -0.25) is 4.79 Å². The SMILES string of the molecule is Cc1cc2occ(CC(=O)Nc3ccc(F)c(Cl)c3)c2cc1C. The van der Waals surface area contributed by atoms with Crippen molar-refractivity contribution in [3.63, 3.8) is 0 Å². The van der Waals surface area contributed by atoms with Gasteiger partial charge in [0.25, 0.3) is 0 Å². The molecule has 1 amide bonds. The Kier molecular flexibility index (Phi) is 4.09. The van der Waals surface area contributed by atoms with Gasteiger partial charge in [0, 0.05) is 16.6 Å². The van der Waals surface area contributed by atoms with Crippen LogP contribution in [0.15, 0.2) is 41.0 Å². The summed E-state index contributed by atoms with van der Waals surface area (Å²) in [5.74, 6) is -0.732. The minimum atomic E-state index is -0.517. The zero-order valence-corrected chi connectivity index (χ0v) is 13.5. The molecule has 0 aliphatic carbocycles. The van der Waals surface area contributed by atoms with Gasteiger partial charge in [0.2, 0.25) is 5.91 Å². The summed E-state index contributed by atoms with van der Waals surface area (Å²) in [6, 6.07) is 8.06. The highest BCUT2D eigenvalue weighted by Gasteiger charge is 2.12.